The van der Waals surface area contributed by atoms with Crippen LogP contribution in [0.2, 0.25) is 0 Å². The lowest BCUT2D eigenvalue weighted by atomic mass is 10.0. The molecule has 3 aromatic carbocycles. The van der Waals surface area contributed by atoms with E-state index in [2.05, 4.69) is 49.9 Å². The highest BCUT2D eigenvalue weighted by atomic mass is 16.5. The van der Waals surface area contributed by atoms with Crippen LogP contribution in [0.15, 0.2) is 85.2 Å². The predicted molar refractivity (Wildman–Crippen MR) is 219 cm³/mol. The zero-order valence-electron chi connectivity index (χ0n) is 33.6. The molecule has 0 spiro atoms. The zero-order valence-corrected chi connectivity index (χ0v) is 33.6. The zero-order chi connectivity index (χ0) is 41.1. The van der Waals surface area contributed by atoms with Crippen molar-refractivity contribution in [1.82, 2.24) is 35.5 Å². The number of rotatable bonds is 11. The number of likely N-dealkylation sites (tertiary alicyclic amines) is 1. The Morgan fingerprint density at radius 1 is 0.741 bits per heavy atom. The summed E-state index contributed by atoms with van der Waals surface area (Å²) >= 11 is 0. The van der Waals surface area contributed by atoms with Gasteiger partial charge in [0.05, 0.1) is 43.9 Å². The summed E-state index contributed by atoms with van der Waals surface area (Å²) in [6.07, 6.45) is 4.58. The highest BCUT2D eigenvalue weighted by Gasteiger charge is 2.41. The number of carbonyl (C=O) groups excluding carboxylic acids is 4. The molecule has 2 aromatic heterocycles. The van der Waals surface area contributed by atoms with Gasteiger partial charge in [-0.15, -0.1) is 0 Å². The maximum absolute atomic E-state index is 14.1. The molecule has 2 aliphatic rings. The van der Waals surface area contributed by atoms with Gasteiger partial charge < -0.3 is 35.0 Å². The summed E-state index contributed by atoms with van der Waals surface area (Å²) < 4.78 is 9.58. The summed E-state index contributed by atoms with van der Waals surface area (Å²) in [5.74, 6) is 0.721. The number of H-pyrrole nitrogens is 2. The van der Waals surface area contributed by atoms with Gasteiger partial charge in [-0.2, -0.15) is 0 Å². The number of hydrogen-bond acceptors (Lipinski definition) is 8. The van der Waals surface area contributed by atoms with Gasteiger partial charge in [-0.05, 0) is 53.0 Å². The first kappa shape index (κ1) is 39.8. The van der Waals surface area contributed by atoms with E-state index in [-0.39, 0.29) is 35.7 Å². The Bertz CT molecular complexity index is 2260. The molecule has 7 rings (SSSR count). The molecule has 2 unspecified atom stereocenters. The number of anilines is 1. The van der Waals surface area contributed by atoms with Gasteiger partial charge in [-0.3, -0.25) is 14.5 Å². The van der Waals surface area contributed by atoms with Crippen LogP contribution in [0, 0.1) is 11.8 Å². The number of para-hydroxylation sites is 1. The van der Waals surface area contributed by atoms with Gasteiger partial charge >= 0.3 is 12.2 Å². The molecule has 0 radical (unpaired) electrons. The summed E-state index contributed by atoms with van der Waals surface area (Å²) in [6.45, 7) is 8.17. The van der Waals surface area contributed by atoms with E-state index in [4.69, 9.17) is 14.5 Å². The fraction of sp³-hybridized carbons (Fsp3) is 0.364. The van der Waals surface area contributed by atoms with Crippen LogP contribution in [0.5, 0.6) is 0 Å². The fourth-order valence-corrected chi connectivity index (χ4v) is 7.90. The summed E-state index contributed by atoms with van der Waals surface area (Å²) in [5, 5.41) is 5.42. The molecule has 5 aromatic rings. The topological polar surface area (TPSA) is 175 Å². The van der Waals surface area contributed by atoms with Crippen LogP contribution in [-0.2, 0) is 25.5 Å². The molecule has 4 atom stereocenters. The Hall–Kier alpha value is -6.44. The van der Waals surface area contributed by atoms with E-state index in [1.165, 1.54) is 14.2 Å². The number of benzene rings is 3. The molecule has 0 saturated carbocycles. The van der Waals surface area contributed by atoms with E-state index in [1.807, 2.05) is 82.4 Å². The minimum Gasteiger partial charge on any atom is -0.453 e. The predicted octanol–water partition coefficient (Wildman–Crippen LogP) is 7.19. The van der Waals surface area contributed by atoms with Crippen LogP contribution in [0.3, 0.4) is 0 Å². The highest BCUT2D eigenvalue weighted by molar-refractivity contribution is 6.01. The number of carbonyl (C=O) groups is 4. The highest BCUT2D eigenvalue weighted by Crippen LogP contribution is 2.41. The number of nitrogens with zero attached hydrogens (tertiary/aromatic N) is 4. The Balaban J connectivity index is 1.04. The molecule has 2 aliphatic heterocycles. The number of amides is 4. The smallest absolute Gasteiger partial charge is 0.407 e. The number of fused-ring (bicyclic) bond motifs is 1. The van der Waals surface area contributed by atoms with Gasteiger partial charge in [0, 0.05) is 30.4 Å². The van der Waals surface area contributed by atoms with Crippen molar-refractivity contribution in [2.75, 3.05) is 25.7 Å². The van der Waals surface area contributed by atoms with Crippen molar-refractivity contribution >= 4 is 29.7 Å². The van der Waals surface area contributed by atoms with E-state index in [1.54, 1.807) is 16.0 Å². The second-order valence-corrected chi connectivity index (χ2v) is 15.5. The summed E-state index contributed by atoms with van der Waals surface area (Å²) in [5.41, 5.74) is 7.41. The van der Waals surface area contributed by atoms with Crippen molar-refractivity contribution in [2.24, 2.45) is 11.8 Å². The SMILES string of the molecule is COC(=O)NC(C(=O)N1CCC[C@H]1c1ncc(-c2ccc(-c3ccc(-c4c[nH]c([C@@H]5Cc6ccccc6N5C(=O)C(NC(=O)OC)C(C)C)n4)cc3)cc2)[nH]1)C(C)C. The van der Waals surface area contributed by atoms with Gasteiger partial charge in [-0.1, -0.05) is 94.4 Å². The number of methoxy groups -OCH3 is 2. The summed E-state index contributed by atoms with van der Waals surface area (Å²) in [7, 11) is 2.57. The molecular weight excluding hydrogens is 737 g/mol. The molecule has 0 aliphatic carbocycles. The lowest BCUT2D eigenvalue weighted by molar-refractivity contribution is -0.135. The number of nitrogens with one attached hydrogen (secondary N) is 4. The Labute approximate surface area is 337 Å². The fourth-order valence-electron chi connectivity index (χ4n) is 7.90. The Morgan fingerprint density at radius 2 is 1.33 bits per heavy atom. The van der Waals surface area contributed by atoms with Crippen molar-refractivity contribution in [3.63, 3.8) is 0 Å². The molecule has 58 heavy (non-hydrogen) atoms. The molecule has 4 N–H and O–H groups in total. The summed E-state index contributed by atoms with van der Waals surface area (Å²) in [4.78, 5) is 71.7. The molecule has 4 amide bonds. The van der Waals surface area contributed by atoms with Crippen molar-refractivity contribution in [1.29, 1.82) is 0 Å². The van der Waals surface area contributed by atoms with Crippen LogP contribution >= 0.6 is 0 Å². The van der Waals surface area contributed by atoms with Crippen LogP contribution in [-0.4, -0.2) is 81.7 Å². The first-order valence-electron chi connectivity index (χ1n) is 19.7. The second kappa shape index (κ2) is 17.0. The van der Waals surface area contributed by atoms with Gasteiger partial charge in [0.1, 0.15) is 23.7 Å². The number of aromatic nitrogens is 4. The van der Waals surface area contributed by atoms with Crippen LogP contribution < -0.4 is 15.5 Å². The minimum atomic E-state index is -0.781. The normalized spacial score (nSPS) is 17.2. The first-order valence-corrected chi connectivity index (χ1v) is 19.7. The Morgan fingerprint density at radius 3 is 1.95 bits per heavy atom. The van der Waals surface area contributed by atoms with Gasteiger partial charge in [-0.25, -0.2) is 19.6 Å². The van der Waals surface area contributed by atoms with Gasteiger partial charge in [0.25, 0.3) is 5.91 Å². The average molecular weight is 787 g/mol. The Kier molecular flexibility index (Phi) is 11.6. The monoisotopic (exact) mass is 786 g/mol. The lowest BCUT2D eigenvalue weighted by Gasteiger charge is -2.30. The van der Waals surface area contributed by atoms with E-state index in [0.717, 1.165) is 63.6 Å². The first-order chi connectivity index (χ1) is 28.0. The van der Waals surface area contributed by atoms with Crippen LogP contribution in [0.4, 0.5) is 15.3 Å². The molecule has 14 nitrogen and oxygen atoms in total. The van der Waals surface area contributed by atoms with Crippen molar-refractivity contribution < 1.29 is 28.7 Å². The third-order valence-corrected chi connectivity index (χ3v) is 11.1. The summed E-state index contributed by atoms with van der Waals surface area (Å²) in [6, 6.07) is 22.1. The molecule has 302 valence electrons. The van der Waals surface area contributed by atoms with E-state index >= 15 is 0 Å². The molecule has 1 fully saturated rings. The van der Waals surface area contributed by atoms with E-state index in [9.17, 15) is 19.2 Å². The maximum Gasteiger partial charge on any atom is 0.407 e. The lowest BCUT2D eigenvalue weighted by Crippen LogP contribution is -2.51. The third kappa shape index (κ3) is 8.04. The molecule has 1 saturated heterocycles. The average Bonchev–Trinajstić information content (AvgIpc) is 4.07. The van der Waals surface area contributed by atoms with Crippen molar-refractivity contribution in [2.45, 2.75) is 71.1 Å². The van der Waals surface area contributed by atoms with Gasteiger partial charge in [0.2, 0.25) is 5.91 Å². The van der Waals surface area contributed by atoms with Gasteiger partial charge in [0.15, 0.2) is 0 Å². The molecule has 4 heterocycles. The quantitative estimate of drug-likeness (QED) is 0.109. The third-order valence-electron chi connectivity index (χ3n) is 11.1. The molecular formula is C44H50N8O6. The van der Waals surface area contributed by atoms with Crippen LogP contribution in [0.25, 0.3) is 33.6 Å². The largest absolute Gasteiger partial charge is 0.453 e. The molecule has 14 heteroatoms. The number of alkyl carbamates (subject to hydrolysis) is 2. The maximum atomic E-state index is 14.1. The number of imidazole rings is 2. The van der Waals surface area contributed by atoms with E-state index in [0.29, 0.717) is 18.8 Å². The standard InChI is InChI=1S/C44H50N8O6/c1-25(2)37(49-43(55)57-5)41(53)51-21-9-12-35(51)39-45-23-32(47-39)29-17-13-27(14-18-29)28-15-19-30(20-16-28)33-24-46-40(48-33)36-22-31-10-7-8-11-34(31)52(36)42(54)38(26(3)4)50-44(56)58-6/h7-8,10-11,13-20,23-26,35-38H,9,12,21-22H2,1-6H3,(H,45,47)(H,46,48)(H,49,55)(H,50,56)/t35-,36-,37?,38?/m0/s1. The number of ether oxygens (including phenoxy) is 2. The number of aromatic amines is 2. The van der Waals surface area contributed by atoms with Crippen molar-refractivity contribution in [3.8, 4) is 33.6 Å². The van der Waals surface area contributed by atoms with Crippen LogP contribution in [0.1, 0.15) is 69.8 Å². The number of hydrogen-bond donors (Lipinski definition) is 4. The molecule has 0 bridgehead atoms. The minimum absolute atomic E-state index is 0.110. The van der Waals surface area contributed by atoms with Crippen molar-refractivity contribution in [3.05, 3.63) is 102 Å². The second-order valence-electron chi connectivity index (χ2n) is 15.5. The van der Waals surface area contributed by atoms with E-state index < -0.39 is 24.3 Å².